The summed E-state index contributed by atoms with van der Waals surface area (Å²) in [7, 11) is 0. The lowest BCUT2D eigenvalue weighted by atomic mass is 10.1. The zero-order valence-corrected chi connectivity index (χ0v) is 20.4. The van der Waals surface area contributed by atoms with Gasteiger partial charge in [-0.1, -0.05) is 48.0 Å². The normalized spacial score (nSPS) is 13.6. The Morgan fingerprint density at radius 3 is 2.63 bits per heavy atom. The molecule has 0 saturated heterocycles. The van der Waals surface area contributed by atoms with E-state index in [1.165, 1.54) is 9.60 Å². The Morgan fingerprint density at radius 1 is 1.03 bits per heavy atom. The number of rotatable bonds is 6. The van der Waals surface area contributed by atoms with Crippen molar-refractivity contribution in [3.63, 3.8) is 0 Å². The first-order valence-corrected chi connectivity index (χ1v) is 12.4. The van der Waals surface area contributed by atoms with E-state index in [0.29, 0.717) is 24.5 Å². The smallest absolute Gasteiger partial charge is 0.260 e. The largest absolute Gasteiger partial charge is 0.491 e. The number of aliphatic hydroxyl groups excluding tert-OH is 1. The molecule has 0 fully saturated rings. The van der Waals surface area contributed by atoms with E-state index in [4.69, 9.17) is 21.4 Å². The van der Waals surface area contributed by atoms with Gasteiger partial charge in [0.25, 0.3) is 5.91 Å². The molecule has 1 aliphatic heterocycles. The van der Waals surface area contributed by atoms with Crippen molar-refractivity contribution >= 4 is 50.5 Å². The van der Waals surface area contributed by atoms with E-state index in [-0.39, 0.29) is 42.2 Å². The van der Waals surface area contributed by atoms with Gasteiger partial charge in [0.2, 0.25) is 5.91 Å². The molecule has 2 amide bonds. The zero-order valence-electron chi connectivity index (χ0n) is 18.8. The minimum Gasteiger partial charge on any atom is -0.491 e. The topological polar surface area (TPSA) is 70.1 Å². The summed E-state index contributed by atoms with van der Waals surface area (Å²) in [5.41, 5.74) is 1.87. The van der Waals surface area contributed by atoms with Crippen LogP contribution in [0.2, 0.25) is 5.02 Å². The Bertz CT molecular complexity index is 1370. The van der Waals surface area contributed by atoms with Crippen molar-refractivity contribution in [1.29, 1.82) is 0 Å². The van der Waals surface area contributed by atoms with Gasteiger partial charge in [0.15, 0.2) is 0 Å². The highest BCUT2D eigenvalue weighted by Crippen LogP contribution is 2.32. The predicted octanol–water partition coefficient (Wildman–Crippen LogP) is 5.12. The summed E-state index contributed by atoms with van der Waals surface area (Å²) in [6.07, 6.45) is 0. The number of benzene rings is 3. The molecule has 1 N–H and O–H groups in total. The van der Waals surface area contributed by atoms with Crippen LogP contribution in [0.4, 0.5) is 5.69 Å². The number of anilines is 1. The van der Waals surface area contributed by atoms with Crippen LogP contribution in [0.25, 0.3) is 10.1 Å². The number of halogens is 1. The third-order valence-corrected chi connectivity index (χ3v) is 7.30. The van der Waals surface area contributed by atoms with Crippen molar-refractivity contribution < 1.29 is 19.4 Å². The molecule has 0 atom stereocenters. The Morgan fingerprint density at radius 2 is 1.83 bits per heavy atom. The van der Waals surface area contributed by atoms with Crippen molar-refractivity contribution in [2.75, 3.05) is 24.7 Å². The monoisotopic (exact) mass is 506 g/mol. The summed E-state index contributed by atoms with van der Waals surface area (Å²) in [4.78, 5) is 31.3. The standard InChI is InChI=1S/C27H23ClN2O4S/c28-23-14-20(34-12-11-31)9-10-22(23)27(33)30-17-26(32)29(15-19-6-1-3-7-24(19)30)16-21-13-18-5-2-4-8-25(18)35-21/h1-10,13-14,31H,11-12,15-17H2. The summed E-state index contributed by atoms with van der Waals surface area (Å²) < 4.78 is 6.57. The summed E-state index contributed by atoms with van der Waals surface area (Å²) in [6.45, 7) is 0.816. The summed E-state index contributed by atoms with van der Waals surface area (Å²) in [5.74, 6) is -0.0262. The van der Waals surface area contributed by atoms with Crippen LogP contribution in [0.5, 0.6) is 5.75 Å². The number of nitrogens with zero attached hydrogens (tertiary/aromatic N) is 2. The highest BCUT2D eigenvalue weighted by atomic mass is 35.5. The van der Waals surface area contributed by atoms with Gasteiger partial charge in [0.1, 0.15) is 18.9 Å². The number of fused-ring (bicyclic) bond motifs is 2. The van der Waals surface area contributed by atoms with Gasteiger partial charge in [-0.25, -0.2) is 0 Å². The lowest BCUT2D eigenvalue weighted by Crippen LogP contribution is -2.40. The fourth-order valence-electron chi connectivity index (χ4n) is 4.22. The molecule has 35 heavy (non-hydrogen) atoms. The van der Waals surface area contributed by atoms with Gasteiger partial charge in [0, 0.05) is 21.8 Å². The van der Waals surface area contributed by atoms with Gasteiger partial charge in [-0.05, 0) is 47.3 Å². The molecular weight excluding hydrogens is 484 g/mol. The predicted molar refractivity (Wildman–Crippen MR) is 138 cm³/mol. The number of ether oxygens (including phenoxy) is 1. The van der Waals surface area contributed by atoms with Gasteiger partial charge in [-0.2, -0.15) is 0 Å². The van der Waals surface area contributed by atoms with Gasteiger partial charge < -0.3 is 14.7 Å². The van der Waals surface area contributed by atoms with E-state index in [2.05, 4.69) is 18.2 Å². The number of amides is 2. The maximum atomic E-state index is 13.6. The summed E-state index contributed by atoms with van der Waals surface area (Å²) >= 11 is 8.09. The first-order chi connectivity index (χ1) is 17.0. The van der Waals surface area contributed by atoms with E-state index in [9.17, 15) is 9.59 Å². The minimum absolute atomic E-state index is 0.0835. The average molecular weight is 507 g/mol. The number of thiophene rings is 1. The second-order valence-corrected chi connectivity index (χ2v) is 9.81. The molecule has 1 aliphatic rings. The number of carbonyl (C=O) groups is 2. The molecule has 8 heteroatoms. The molecule has 0 aliphatic carbocycles. The van der Waals surface area contributed by atoms with E-state index < -0.39 is 0 Å². The Balaban J connectivity index is 1.43. The zero-order chi connectivity index (χ0) is 24.4. The second kappa shape index (κ2) is 10.1. The fourth-order valence-corrected chi connectivity index (χ4v) is 5.55. The van der Waals surface area contributed by atoms with Crippen LogP contribution in [0.3, 0.4) is 0 Å². The quantitative estimate of drug-likeness (QED) is 0.394. The highest BCUT2D eigenvalue weighted by Gasteiger charge is 2.30. The van der Waals surface area contributed by atoms with Crippen LogP contribution >= 0.6 is 22.9 Å². The number of hydrogen-bond acceptors (Lipinski definition) is 5. The van der Waals surface area contributed by atoms with Crippen LogP contribution in [-0.2, 0) is 17.9 Å². The third kappa shape index (κ3) is 4.89. The first kappa shape index (κ1) is 23.4. The highest BCUT2D eigenvalue weighted by molar-refractivity contribution is 7.19. The molecule has 5 rings (SSSR count). The third-order valence-electron chi connectivity index (χ3n) is 5.89. The summed E-state index contributed by atoms with van der Waals surface area (Å²) in [6, 6.07) is 22.6. The van der Waals surface area contributed by atoms with Gasteiger partial charge in [-0.15, -0.1) is 11.3 Å². The van der Waals surface area contributed by atoms with Gasteiger partial charge in [-0.3, -0.25) is 14.5 Å². The van der Waals surface area contributed by atoms with Crippen molar-refractivity contribution in [3.05, 3.63) is 93.8 Å². The molecule has 2 heterocycles. The van der Waals surface area contributed by atoms with E-state index >= 15 is 0 Å². The van der Waals surface area contributed by atoms with E-state index in [1.807, 2.05) is 36.4 Å². The lowest BCUT2D eigenvalue weighted by Gasteiger charge is -2.23. The maximum Gasteiger partial charge on any atom is 0.260 e. The van der Waals surface area contributed by atoms with Crippen LogP contribution in [0, 0.1) is 0 Å². The van der Waals surface area contributed by atoms with Crippen molar-refractivity contribution in [3.8, 4) is 5.75 Å². The molecule has 0 unspecified atom stereocenters. The van der Waals surface area contributed by atoms with Crippen molar-refractivity contribution in [2.24, 2.45) is 0 Å². The van der Waals surface area contributed by atoms with E-state index in [1.54, 1.807) is 34.4 Å². The molecule has 6 nitrogen and oxygen atoms in total. The molecule has 0 bridgehead atoms. The fraction of sp³-hybridized carbons (Fsp3) is 0.185. The Kier molecular flexibility index (Phi) is 6.72. The second-order valence-electron chi connectivity index (χ2n) is 8.23. The lowest BCUT2D eigenvalue weighted by molar-refractivity contribution is -0.130. The van der Waals surface area contributed by atoms with Crippen LogP contribution in [-0.4, -0.2) is 41.6 Å². The molecule has 1 aromatic heterocycles. The molecule has 0 spiro atoms. The first-order valence-electron chi connectivity index (χ1n) is 11.2. The maximum absolute atomic E-state index is 13.6. The van der Waals surface area contributed by atoms with Crippen molar-refractivity contribution in [1.82, 2.24) is 4.90 Å². The molecule has 178 valence electrons. The number of carbonyl (C=O) groups excluding carboxylic acids is 2. The Hall–Kier alpha value is -3.39. The van der Waals surface area contributed by atoms with Gasteiger partial charge in [0.05, 0.1) is 23.7 Å². The summed E-state index contributed by atoms with van der Waals surface area (Å²) in [5, 5.41) is 10.3. The number of aliphatic hydroxyl groups is 1. The number of hydrogen-bond donors (Lipinski definition) is 1. The van der Waals surface area contributed by atoms with Gasteiger partial charge >= 0.3 is 0 Å². The minimum atomic E-state index is -0.353. The molecule has 0 radical (unpaired) electrons. The molecule has 3 aromatic carbocycles. The van der Waals surface area contributed by atoms with Crippen LogP contribution < -0.4 is 9.64 Å². The molecular formula is C27H23ClN2O4S. The molecule has 0 saturated carbocycles. The average Bonchev–Trinajstić information content (AvgIpc) is 3.22. The number of para-hydroxylation sites is 1. The Labute approximate surface area is 211 Å². The van der Waals surface area contributed by atoms with E-state index in [0.717, 1.165) is 15.8 Å². The van der Waals surface area contributed by atoms with Crippen LogP contribution in [0.1, 0.15) is 20.8 Å². The SMILES string of the molecule is O=C1CN(C(=O)c2ccc(OCCO)cc2Cl)c2ccccc2CN1Cc1cc2ccccc2s1. The van der Waals surface area contributed by atoms with Crippen molar-refractivity contribution in [2.45, 2.75) is 13.1 Å². The molecule has 4 aromatic rings. The van der Waals surface area contributed by atoms with Crippen LogP contribution in [0.15, 0.2) is 72.8 Å².